The van der Waals surface area contributed by atoms with Gasteiger partial charge in [-0.1, -0.05) is 19.9 Å². The lowest BCUT2D eigenvalue weighted by atomic mass is 10.1. The highest BCUT2D eigenvalue weighted by atomic mass is 15.3. The van der Waals surface area contributed by atoms with Crippen LogP contribution in [0.15, 0.2) is 24.4 Å². The molecule has 0 aliphatic rings. The first-order chi connectivity index (χ1) is 7.61. The van der Waals surface area contributed by atoms with E-state index in [1.807, 2.05) is 22.9 Å². The lowest BCUT2D eigenvalue weighted by Gasteiger charge is -2.02. The third-order valence-corrected chi connectivity index (χ3v) is 2.87. The quantitative estimate of drug-likeness (QED) is 0.771. The maximum absolute atomic E-state index is 4.63. The predicted octanol–water partition coefficient (Wildman–Crippen LogP) is 3.01. The molecule has 16 heavy (non-hydrogen) atoms. The van der Waals surface area contributed by atoms with E-state index in [1.54, 1.807) is 6.20 Å². The molecule has 0 bridgehead atoms. The molecule has 0 unspecified atom stereocenters. The van der Waals surface area contributed by atoms with Gasteiger partial charge in [0.2, 0.25) is 0 Å². The maximum Gasteiger partial charge on any atom is 0.153 e. The van der Waals surface area contributed by atoms with Gasteiger partial charge < -0.3 is 0 Å². The van der Waals surface area contributed by atoms with E-state index in [0.717, 1.165) is 11.5 Å². The second kappa shape index (κ2) is 4.08. The van der Waals surface area contributed by atoms with Crippen LogP contribution in [-0.4, -0.2) is 14.8 Å². The van der Waals surface area contributed by atoms with E-state index in [4.69, 9.17) is 0 Å². The van der Waals surface area contributed by atoms with Crippen molar-refractivity contribution in [3.8, 4) is 5.82 Å². The van der Waals surface area contributed by atoms with Gasteiger partial charge in [0.1, 0.15) is 0 Å². The standard InChI is InChI=1S/C13H17N3/c1-9(2)13-10(3)11(4)16(15-13)12-7-5-6-8-14-12/h5-9H,1-4H3. The summed E-state index contributed by atoms with van der Waals surface area (Å²) in [7, 11) is 0. The van der Waals surface area contributed by atoms with E-state index in [9.17, 15) is 0 Å². The predicted molar refractivity (Wildman–Crippen MR) is 64.9 cm³/mol. The second-order valence-electron chi connectivity index (χ2n) is 4.35. The van der Waals surface area contributed by atoms with Gasteiger partial charge in [0, 0.05) is 11.9 Å². The summed E-state index contributed by atoms with van der Waals surface area (Å²) in [5.74, 6) is 1.33. The summed E-state index contributed by atoms with van der Waals surface area (Å²) in [6.45, 7) is 8.54. The van der Waals surface area contributed by atoms with E-state index in [2.05, 4.69) is 37.8 Å². The molecule has 0 spiro atoms. The van der Waals surface area contributed by atoms with Gasteiger partial charge in [-0.05, 0) is 37.5 Å². The third kappa shape index (κ3) is 1.73. The van der Waals surface area contributed by atoms with Crippen LogP contribution in [0.4, 0.5) is 0 Å². The fraction of sp³-hybridized carbons (Fsp3) is 0.385. The number of hydrogen-bond donors (Lipinski definition) is 0. The van der Waals surface area contributed by atoms with Crippen LogP contribution in [0.2, 0.25) is 0 Å². The number of hydrogen-bond acceptors (Lipinski definition) is 2. The molecule has 0 radical (unpaired) electrons. The van der Waals surface area contributed by atoms with Gasteiger partial charge in [0.15, 0.2) is 5.82 Å². The SMILES string of the molecule is Cc1c(C(C)C)nn(-c2ccccn2)c1C. The average Bonchev–Trinajstić information content (AvgIpc) is 2.58. The molecule has 0 saturated carbocycles. The lowest BCUT2D eigenvalue weighted by molar-refractivity contribution is 0.747. The normalized spacial score (nSPS) is 11.1. The summed E-state index contributed by atoms with van der Waals surface area (Å²) in [5, 5.41) is 4.63. The minimum absolute atomic E-state index is 0.448. The zero-order chi connectivity index (χ0) is 11.7. The van der Waals surface area contributed by atoms with Crippen molar-refractivity contribution in [2.24, 2.45) is 0 Å². The van der Waals surface area contributed by atoms with E-state index in [1.165, 1.54) is 11.3 Å². The van der Waals surface area contributed by atoms with Crippen molar-refractivity contribution >= 4 is 0 Å². The second-order valence-corrected chi connectivity index (χ2v) is 4.35. The Morgan fingerprint density at radius 2 is 1.94 bits per heavy atom. The van der Waals surface area contributed by atoms with Crippen LogP contribution in [-0.2, 0) is 0 Å². The molecule has 0 N–H and O–H groups in total. The van der Waals surface area contributed by atoms with Crippen molar-refractivity contribution in [3.05, 3.63) is 41.3 Å². The van der Waals surface area contributed by atoms with Gasteiger partial charge in [-0.2, -0.15) is 5.10 Å². The topological polar surface area (TPSA) is 30.7 Å². The summed E-state index contributed by atoms with van der Waals surface area (Å²) in [4.78, 5) is 4.32. The molecule has 2 aromatic rings. The van der Waals surface area contributed by atoms with Crippen molar-refractivity contribution in [2.75, 3.05) is 0 Å². The van der Waals surface area contributed by atoms with E-state index in [-0.39, 0.29) is 0 Å². The Hall–Kier alpha value is -1.64. The fourth-order valence-corrected chi connectivity index (χ4v) is 1.85. The molecule has 3 heteroatoms. The summed E-state index contributed by atoms with van der Waals surface area (Å²) in [6, 6.07) is 5.87. The van der Waals surface area contributed by atoms with Gasteiger partial charge in [0.05, 0.1) is 5.69 Å². The number of pyridine rings is 1. The molecule has 2 aromatic heterocycles. The highest BCUT2D eigenvalue weighted by Gasteiger charge is 2.14. The Labute approximate surface area is 96.1 Å². The molecule has 0 amide bonds. The van der Waals surface area contributed by atoms with Crippen LogP contribution in [0.25, 0.3) is 5.82 Å². The summed E-state index contributed by atoms with van der Waals surface area (Å²) in [5.41, 5.74) is 3.59. The van der Waals surface area contributed by atoms with Crippen LogP contribution in [0.5, 0.6) is 0 Å². The third-order valence-electron chi connectivity index (χ3n) is 2.87. The summed E-state index contributed by atoms with van der Waals surface area (Å²) >= 11 is 0. The summed E-state index contributed by atoms with van der Waals surface area (Å²) < 4.78 is 1.92. The van der Waals surface area contributed by atoms with Gasteiger partial charge >= 0.3 is 0 Å². The van der Waals surface area contributed by atoms with E-state index in [0.29, 0.717) is 5.92 Å². The molecule has 84 valence electrons. The minimum Gasteiger partial charge on any atom is -0.237 e. The van der Waals surface area contributed by atoms with E-state index < -0.39 is 0 Å². The maximum atomic E-state index is 4.63. The van der Waals surface area contributed by atoms with Crippen molar-refractivity contribution in [2.45, 2.75) is 33.6 Å². The molecule has 0 aliphatic heterocycles. The molecular formula is C13H17N3. The molecular weight excluding hydrogens is 198 g/mol. The fourth-order valence-electron chi connectivity index (χ4n) is 1.85. The van der Waals surface area contributed by atoms with Crippen molar-refractivity contribution in [3.63, 3.8) is 0 Å². The monoisotopic (exact) mass is 215 g/mol. The first-order valence-electron chi connectivity index (χ1n) is 5.58. The van der Waals surface area contributed by atoms with Crippen molar-refractivity contribution in [1.29, 1.82) is 0 Å². The van der Waals surface area contributed by atoms with Crippen LogP contribution < -0.4 is 0 Å². The molecule has 2 heterocycles. The Morgan fingerprint density at radius 3 is 2.44 bits per heavy atom. The zero-order valence-corrected chi connectivity index (χ0v) is 10.2. The van der Waals surface area contributed by atoms with Gasteiger partial charge in [-0.15, -0.1) is 0 Å². The Morgan fingerprint density at radius 1 is 1.19 bits per heavy atom. The minimum atomic E-state index is 0.448. The highest BCUT2D eigenvalue weighted by Crippen LogP contribution is 2.22. The van der Waals surface area contributed by atoms with E-state index >= 15 is 0 Å². The van der Waals surface area contributed by atoms with Crippen molar-refractivity contribution < 1.29 is 0 Å². The molecule has 0 aromatic carbocycles. The molecule has 2 rings (SSSR count). The van der Waals surface area contributed by atoms with Gasteiger partial charge in [-0.3, -0.25) is 0 Å². The average molecular weight is 215 g/mol. The lowest BCUT2D eigenvalue weighted by Crippen LogP contribution is -2.01. The van der Waals surface area contributed by atoms with Gasteiger partial charge in [0.25, 0.3) is 0 Å². The first kappa shape index (κ1) is 10.9. The number of rotatable bonds is 2. The largest absolute Gasteiger partial charge is 0.237 e. The Bertz CT molecular complexity index is 483. The molecule has 0 aliphatic carbocycles. The summed E-state index contributed by atoms with van der Waals surface area (Å²) in [6.07, 6.45) is 1.79. The molecule has 3 nitrogen and oxygen atoms in total. The van der Waals surface area contributed by atoms with Gasteiger partial charge in [-0.25, -0.2) is 9.67 Å². The smallest absolute Gasteiger partial charge is 0.153 e. The van der Waals surface area contributed by atoms with Crippen LogP contribution in [0, 0.1) is 13.8 Å². The van der Waals surface area contributed by atoms with Crippen molar-refractivity contribution in [1.82, 2.24) is 14.8 Å². The Balaban J connectivity index is 2.55. The van der Waals surface area contributed by atoms with Crippen LogP contribution in [0.1, 0.15) is 36.7 Å². The first-order valence-corrected chi connectivity index (χ1v) is 5.58. The van der Waals surface area contributed by atoms with Crippen LogP contribution >= 0.6 is 0 Å². The Kier molecular flexibility index (Phi) is 2.77. The highest BCUT2D eigenvalue weighted by molar-refractivity contribution is 5.32. The number of aromatic nitrogens is 3. The zero-order valence-electron chi connectivity index (χ0n) is 10.2. The van der Waals surface area contributed by atoms with Crippen LogP contribution in [0.3, 0.4) is 0 Å². The number of nitrogens with zero attached hydrogens (tertiary/aromatic N) is 3. The molecule has 0 fully saturated rings. The molecule has 0 saturated heterocycles. The molecule has 0 atom stereocenters.